The summed E-state index contributed by atoms with van der Waals surface area (Å²) < 4.78 is 5.21. The van der Waals surface area contributed by atoms with Crippen molar-refractivity contribution in [3.05, 3.63) is 4.88 Å². The number of ether oxygens (including phenoxy) is 1. The lowest BCUT2D eigenvalue weighted by molar-refractivity contribution is 0.128. The van der Waals surface area contributed by atoms with Crippen LogP contribution in [0.2, 0.25) is 0 Å². The van der Waals surface area contributed by atoms with Crippen molar-refractivity contribution >= 4 is 16.5 Å². The van der Waals surface area contributed by atoms with Gasteiger partial charge in [0.2, 0.25) is 11.0 Å². The van der Waals surface area contributed by atoms with Crippen LogP contribution >= 0.6 is 11.3 Å². The van der Waals surface area contributed by atoms with Crippen molar-refractivity contribution < 1.29 is 9.84 Å². The Kier molecular flexibility index (Phi) is 4.42. The molecule has 2 N–H and O–H groups in total. The maximum Gasteiger partial charge on any atom is 0.227 e. The van der Waals surface area contributed by atoms with Crippen LogP contribution < -0.4 is 5.43 Å². The highest BCUT2D eigenvalue weighted by Crippen LogP contribution is 2.34. The summed E-state index contributed by atoms with van der Waals surface area (Å²) in [6.45, 7) is 5.83. The van der Waals surface area contributed by atoms with Gasteiger partial charge in [0.25, 0.3) is 0 Å². The maximum atomic E-state index is 9.76. The molecule has 1 aliphatic rings. The van der Waals surface area contributed by atoms with E-state index in [0.717, 1.165) is 36.0 Å². The first-order valence-electron chi connectivity index (χ1n) is 6.33. The number of nitrogens with one attached hydrogen (secondary N) is 1. The molecule has 1 atom stereocenters. The fourth-order valence-corrected chi connectivity index (χ4v) is 3.10. The molecule has 0 aliphatic carbocycles. The Hall–Kier alpha value is -0.850. The first-order chi connectivity index (χ1) is 8.61. The molecule has 1 aromatic rings. The molecule has 1 aliphatic heterocycles. The third-order valence-electron chi connectivity index (χ3n) is 3.13. The van der Waals surface area contributed by atoms with Gasteiger partial charge in [0.05, 0.1) is 17.5 Å². The van der Waals surface area contributed by atoms with E-state index in [1.54, 1.807) is 7.11 Å². The molecule has 18 heavy (non-hydrogen) atoms. The van der Waals surface area contributed by atoms with Crippen molar-refractivity contribution in [3.8, 4) is 5.88 Å². The van der Waals surface area contributed by atoms with Crippen LogP contribution in [0, 0.1) is 0 Å². The van der Waals surface area contributed by atoms with Crippen LogP contribution in [0.4, 0.5) is 5.13 Å². The van der Waals surface area contributed by atoms with E-state index in [1.807, 2.05) is 0 Å². The quantitative estimate of drug-likeness (QED) is 0.861. The second-order valence-corrected chi connectivity index (χ2v) is 5.95. The van der Waals surface area contributed by atoms with Gasteiger partial charge in [0.15, 0.2) is 0 Å². The fraction of sp³-hybridized carbons (Fsp3) is 0.750. The predicted molar refractivity (Wildman–Crippen MR) is 73.1 cm³/mol. The van der Waals surface area contributed by atoms with Gasteiger partial charge in [-0.15, -0.1) is 0 Å². The summed E-state index contributed by atoms with van der Waals surface area (Å²) in [7, 11) is 1.72. The molecule has 2 heterocycles. The molecule has 1 fully saturated rings. The number of rotatable bonds is 5. The lowest BCUT2D eigenvalue weighted by Gasteiger charge is -2.23. The molecule has 0 radical (unpaired) electrons. The van der Waals surface area contributed by atoms with E-state index in [-0.39, 0.29) is 5.88 Å². The second-order valence-electron chi connectivity index (χ2n) is 4.92. The molecule has 5 nitrogen and oxygen atoms in total. The van der Waals surface area contributed by atoms with Crippen molar-refractivity contribution in [3.63, 3.8) is 0 Å². The highest BCUT2D eigenvalue weighted by molar-refractivity contribution is 7.15. The number of methoxy groups -OCH3 is 1. The van der Waals surface area contributed by atoms with Crippen LogP contribution in [0.3, 0.4) is 0 Å². The normalized spacial score (nSPS) is 20.8. The molecule has 1 aromatic heterocycles. The zero-order chi connectivity index (χ0) is 13.1. The first-order valence-corrected chi connectivity index (χ1v) is 7.15. The molecule has 102 valence electrons. The summed E-state index contributed by atoms with van der Waals surface area (Å²) in [5, 5.41) is 12.7. The van der Waals surface area contributed by atoms with E-state index < -0.39 is 0 Å². The predicted octanol–water partition coefficient (Wildman–Crippen LogP) is 2.41. The topological polar surface area (TPSA) is 57.6 Å². The molecule has 0 aromatic carbocycles. The Labute approximate surface area is 112 Å². The highest BCUT2D eigenvalue weighted by atomic mass is 32.1. The molecule has 6 heteroatoms. The van der Waals surface area contributed by atoms with Crippen molar-refractivity contribution in [1.29, 1.82) is 0 Å². The van der Waals surface area contributed by atoms with E-state index in [0.29, 0.717) is 12.0 Å². The van der Waals surface area contributed by atoms with E-state index in [4.69, 9.17) is 4.74 Å². The van der Waals surface area contributed by atoms with Crippen LogP contribution in [0.5, 0.6) is 5.88 Å². The minimum Gasteiger partial charge on any atom is -0.492 e. The minimum absolute atomic E-state index is 0.153. The fourth-order valence-electron chi connectivity index (χ4n) is 2.22. The van der Waals surface area contributed by atoms with Crippen molar-refractivity contribution in [2.75, 3.05) is 25.7 Å². The smallest absolute Gasteiger partial charge is 0.227 e. The first kappa shape index (κ1) is 13.6. The zero-order valence-corrected chi connectivity index (χ0v) is 12.0. The van der Waals surface area contributed by atoms with Gasteiger partial charge in [-0.05, 0) is 18.8 Å². The Balaban J connectivity index is 2.02. The van der Waals surface area contributed by atoms with Crippen LogP contribution in [-0.4, -0.2) is 41.4 Å². The molecular formula is C12H21N3O2S. The summed E-state index contributed by atoms with van der Waals surface area (Å²) in [5.74, 6) is 0.450. The van der Waals surface area contributed by atoms with Crippen molar-refractivity contribution in [1.82, 2.24) is 9.99 Å². The average molecular weight is 271 g/mol. The number of hydrogen-bond donors (Lipinski definition) is 2. The van der Waals surface area contributed by atoms with Gasteiger partial charge in [-0.2, -0.15) is 4.98 Å². The number of aromatic hydroxyl groups is 1. The van der Waals surface area contributed by atoms with Gasteiger partial charge < -0.3 is 9.84 Å². The Morgan fingerprint density at radius 1 is 1.61 bits per heavy atom. The number of hydrogen-bond acceptors (Lipinski definition) is 6. The summed E-state index contributed by atoms with van der Waals surface area (Å²) in [6, 6.07) is 0.392. The lowest BCUT2D eigenvalue weighted by atomic mass is 10.2. The number of aromatic nitrogens is 1. The van der Waals surface area contributed by atoms with Crippen molar-refractivity contribution in [2.45, 2.75) is 38.6 Å². The van der Waals surface area contributed by atoms with Crippen LogP contribution in [0.15, 0.2) is 0 Å². The van der Waals surface area contributed by atoms with Gasteiger partial charge in [0, 0.05) is 13.7 Å². The van der Waals surface area contributed by atoms with Gasteiger partial charge in [0.1, 0.15) is 0 Å². The van der Waals surface area contributed by atoms with Crippen LogP contribution in [0.1, 0.15) is 37.5 Å². The molecule has 1 saturated heterocycles. The summed E-state index contributed by atoms with van der Waals surface area (Å²) in [5.41, 5.74) is 3.29. The van der Waals surface area contributed by atoms with Gasteiger partial charge in [-0.3, -0.25) is 5.43 Å². The monoisotopic (exact) mass is 271 g/mol. The molecule has 0 spiro atoms. The van der Waals surface area contributed by atoms with Gasteiger partial charge in [-0.1, -0.05) is 25.2 Å². The van der Waals surface area contributed by atoms with Crippen LogP contribution in [0.25, 0.3) is 0 Å². The molecule has 0 saturated carbocycles. The maximum absolute atomic E-state index is 9.76. The molecular weight excluding hydrogens is 250 g/mol. The molecule has 2 rings (SSSR count). The largest absolute Gasteiger partial charge is 0.492 e. The van der Waals surface area contributed by atoms with E-state index in [1.165, 1.54) is 11.3 Å². The molecule has 0 amide bonds. The minimum atomic E-state index is 0.153. The third-order valence-corrected chi connectivity index (χ3v) is 4.38. The number of anilines is 1. The number of hydrazine groups is 1. The second kappa shape index (κ2) is 5.86. The van der Waals surface area contributed by atoms with E-state index >= 15 is 0 Å². The molecule has 0 bridgehead atoms. The number of thiazole rings is 1. The Bertz CT molecular complexity index is 395. The summed E-state index contributed by atoms with van der Waals surface area (Å²) in [6.07, 6.45) is 2.30. The van der Waals surface area contributed by atoms with E-state index in [9.17, 15) is 5.11 Å². The SMILES string of the molecule is COCC1CCCN1Nc1nc(O)c(C(C)C)s1. The van der Waals surface area contributed by atoms with Gasteiger partial charge >= 0.3 is 0 Å². The Morgan fingerprint density at radius 3 is 3.00 bits per heavy atom. The lowest BCUT2D eigenvalue weighted by Crippen LogP contribution is -2.37. The van der Waals surface area contributed by atoms with Gasteiger partial charge in [-0.25, -0.2) is 5.01 Å². The zero-order valence-electron chi connectivity index (χ0n) is 11.1. The third kappa shape index (κ3) is 2.93. The average Bonchev–Trinajstić information content (AvgIpc) is 2.87. The van der Waals surface area contributed by atoms with Crippen molar-refractivity contribution in [2.24, 2.45) is 0 Å². The highest BCUT2D eigenvalue weighted by Gasteiger charge is 2.25. The number of nitrogens with zero attached hydrogens (tertiary/aromatic N) is 2. The van der Waals surface area contributed by atoms with E-state index in [2.05, 4.69) is 29.3 Å². The summed E-state index contributed by atoms with van der Waals surface area (Å²) in [4.78, 5) is 5.10. The summed E-state index contributed by atoms with van der Waals surface area (Å²) >= 11 is 1.52. The Morgan fingerprint density at radius 2 is 2.39 bits per heavy atom. The molecule has 1 unspecified atom stereocenters. The standard InChI is InChI=1S/C12H21N3O2S/c1-8(2)10-11(16)13-12(18-10)14-15-6-4-5-9(15)7-17-3/h8-9,16H,4-7H2,1-3H3,(H,13,14). The van der Waals surface area contributed by atoms with Crippen LogP contribution in [-0.2, 0) is 4.74 Å².